The highest BCUT2D eigenvalue weighted by atomic mass is 16.8. The number of rotatable bonds is 18. The molecule has 2 aliphatic heterocycles. The first kappa shape index (κ1) is 44.2. The van der Waals surface area contributed by atoms with Crippen LogP contribution in [0.25, 0.3) is 0 Å². The summed E-state index contributed by atoms with van der Waals surface area (Å²) in [6.45, 7) is 7.61. The van der Waals surface area contributed by atoms with E-state index in [1.54, 1.807) is 67.6 Å². The van der Waals surface area contributed by atoms with Crippen molar-refractivity contribution in [3.8, 4) is 0 Å². The molecule has 2 heterocycles. The third-order valence-corrected chi connectivity index (χ3v) is 9.70. The van der Waals surface area contributed by atoms with Gasteiger partial charge in [0, 0.05) is 34.3 Å². The van der Waals surface area contributed by atoms with Crippen LogP contribution < -0.4 is 0 Å². The van der Waals surface area contributed by atoms with Crippen LogP contribution >= 0.6 is 0 Å². The zero-order valence-electron chi connectivity index (χ0n) is 33.2. The summed E-state index contributed by atoms with van der Waals surface area (Å²) in [6, 6.07) is 16.4. The summed E-state index contributed by atoms with van der Waals surface area (Å²) in [5.41, 5.74) is 0.460. The second-order valence-corrected chi connectivity index (χ2v) is 13.9. The van der Waals surface area contributed by atoms with Crippen LogP contribution in [-0.2, 0) is 71.3 Å². The van der Waals surface area contributed by atoms with E-state index >= 15 is 0 Å². The topological polar surface area (TPSA) is 204 Å². The first-order chi connectivity index (χ1) is 27.8. The molecule has 0 amide bonds. The van der Waals surface area contributed by atoms with Gasteiger partial charge in [-0.1, -0.05) is 49.7 Å². The van der Waals surface area contributed by atoms with Crippen molar-refractivity contribution in [2.24, 2.45) is 11.8 Å². The fourth-order valence-electron chi connectivity index (χ4n) is 7.31. The molecular weight excluding hydrogens is 764 g/mol. The summed E-state index contributed by atoms with van der Waals surface area (Å²) in [6.07, 6.45) is -9.97. The quantitative estimate of drug-likeness (QED) is 0.120. The fourth-order valence-corrected chi connectivity index (χ4v) is 7.31. The normalized spacial score (nSPS) is 29.8. The predicted molar refractivity (Wildman–Crippen MR) is 196 cm³/mol. The lowest BCUT2D eigenvalue weighted by molar-refractivity contribution is -0.449. The Morgan fingerprint density at radius 2 is 1.21 bits per heavy atom. The highest BCUT2D eigenvalue weighted by Gasteiger charge is 2.75. The number of carbonyl (C=O) groups is 6. The zero-order chi connectivity index (χ0) is 42.0. The SMILES string of the molecule is CCCCOC12OC(OCC)C1C(OC(=O)c1ccccc1)C(OC1OC(COC(C)=O)C(OC(C)=O)C(OC(C)=O)C1OC(C)=O)C2COC(=O)c1ccccc1. The van der Waals surface area contributed by atoms with Crippen molar-refractivity contribution in [1.82, 2.24) is 0 Å². The molecular formula is C41H50O17. The molecule has 0 radical (unpaired) electrons. The van der Waals surface area contributed by atoms with Gasteiger partial charge in [0.15, 0.2) is 36.7 Å². The van der Waals surface area contributed by atoms with Crippen molar-refractivity contribution in [1.29, 1.82) is 0 Å². The monoisotopic (exact) mass is 814 g/mol. The number of fused-ring (bicyclic) bond motifs is 1. The minimum atomic E-state index is -1.70. The Hall–Kier alpha value is -4.94. The molecule has 2 aromatic rings. The maximum atomic E-state index is 13.9. The smallest absolute Gasteiger partial charge is 0.338 e. The minimum Gasteiger partial charge on any atom is -0.463 e. The molecule has 3 fully saturated rings. The Kier molecular flexibility index (Phi) is 15.3. The van der Waals surface area contributed by atoms with Crippen molar-refractivity contribution in [3.05, 3.63) is 71.8 Å². The van der Waals surface area contributed by atoms with Crippen LogP contribution in [0.3, 0.4) is 0 Å². The number of unbranched alkanes of at least 4 members (excludes halogenated alkanes) is 1. The maximum Gasteiger partial charge on any atom is 0.338 e. The number of hydrogen-bond donors (Lipinski definition) is 0. The Balaban J connectivity index is 1.64. The van der Waals surface area contributed by atoms with E-state index in [0.29, 0.717) is 6.42 Å². The van der Waals surface area contributed by atoms with E-state index < -0.39 is 116 Å². The average Bonchev–Trinajstić information content (AvgIpc) is 3.36. The van der Waals surface area contributed by atoms with Crippen LogP contribution in [0, 0.1) is 11.8 Å². The van der Waals surface area contributed by atoms with Gasteiger partial charge in [-0.25, -0.2) is 9.59 Å². The van der Waals surface area contributed by atoms with E-state index in [-0.39, 0.29) is 24.3 Å². The minimum absolute atomic E-state index is 0.181. The standard InChI is InChI=1S/C41H50O17/c1-7-9-20-51-41-29(21-50-37(46)27-16-12-10-13-17-27)32(34(31(41)39(58-41)48-8-2)56-38(47)28-18-14-11-15-19-28)57-40-36(54-26(6)45)35(53-25(5)44)33(52-24(4)43)30(55-40)22-49-23(3)42/h10-19,29-36,39-40H,7-9,20-22H2,1-6H3. The lowest BCUT2D eigenvalue weighted by Gasteiger charge is -2.52. The van der Waals surface area contributed by atoms with Gasteiger partial charge in [-0.05, 0) is 37.6 Å². The number of ether oxygens (including phenoxy) is 11. The molecule has 17 heteroatoms. The third kappa shape index (κ3) is 10.4. The van der Waals surface area contributed by atoms with Gasteiger partial charge in [-0.2, -0.15) is 0 Å². The summed E-state index contributed by atoms with van der Waals surface area (Å²) in [5.74, 6) is -8.25. The molecule has 3 aliphatic rings. The third-order valence-electron chi connectivity index (χ3n) is 9.70. The summed E-state index contributed by atoms with van der Waals surface area (Å²) < 4.78 is 66.2. The van der Waals surface area contributed by atoms with Gasteiger partial charge in [0.2, 0.25) is 0 Å². The molecule has 1 saturated carbocycles. The number of esters is 6. The van der Waals surface area contributed by atoms with Crippen molar-refractivity contribution >= 4 is 35.8 Å². The Morgan fingerprint density at radius 3 is 1.78 bits per heavy atom. The lowest BCUT2D eigenvalue weighted by atomic mass is 9.88. The number of carbonyl (C=O) groups excluding carboxylic acids is 6. The first-order valence-corrected chi connectivity index (χ1v) is 19.2. The molecule has 2 aromatic carbocycles. The Morgan fingerprint density at radius 1 is 0.621 bits per heavy atom. The Bertz CT molecular complexity index is 1730. The molecule has 0 spiro atoms. The van der Waals surface area contributed by atoms with E-state index in [0.717, 1.165) is 34.1 Å². The van der Waals surface area contributed by atoms with Crippen LogP contribution in [0.15, 0.2) is 60.7 Å². The summed E-state index contributed by atoms with van der Waals surface area (Å²) in [4.78, 5) is 76.9. The van der Waals surface area contributed by atoms with Gasteiger partial charge in [0.05, 0.1) is 23.7 Å². The molecule has 2 saturated heterocycles. The maximum absolute atomic E-state index is 13.9. The van der Waals surface area contributed by atoms with Crippen molar-refractivity contribution in [2.75, 3.05) is 26.4 Å². The molecule has 5 rings (SSSR count). The lowest BCUT2D eigenvalue weighted by Crippen LogP contribution is -2.65. The second kappa shape index (κ2) is 20.2. The molecule has 1 aliphatic carbocycles. The van der Waals surface area contributed by atoms with E-state index in [1.165, 1.54) is 0 Å². The molecule has 316 valence electrons. The van der Waals surface area contributed by atoms with Crippen LogP contribution in [0.5, 0.6) is 0 Å². The van der Waals surface area contributed by atoms with E-state index in [4.69, 9.17) is 52.1 Å². The van der Waals surface area contributed by atoms with Gasteiger partial charge >= 0.3 is 35.8 Å². The zero-order valence-corrected chi connectivity index (χ0v) is 33.2. The van der Waals surface area contributed by atoms with Crippen molar-refractivity contribution < 1.29 is 80.9 Å². The summed E-state index contributed by atoms with van der Waals surface area (Å²) in [5, 5.41) is 0. The molecule has 11 atom stereocenters. The van der Waals surface area contributed by atoms with Crippen LogP contribution in [0.4, 0.5) is 0 Å². The van der Waals surface area contributed by atoms with Gasteiger partial charge in [-0.15, -0.1) is 0 Å². The highest BCUT2D eigenvalue weighted by molar-refractivity contribution is 5.90. The van der Waals surface area contributed by atoms with Crippen LogP contribution in [0.1, 0.15) is 75.1 Å². The van der Waals surface area contributed by atoms with Crippen molar-refractivity contribution in [3.63, 3.8) is 0 Å². The van der Waals surface area contributed by atoms with Gasteiger partial charge in [0.1, 0.15) is 37.4 Å². The average molecular weight is 815 g/mol. The first-order valence-electron chi connectivity index (χ1n) is 19.2. The van der Waals surface area contributed by atoms with Gasteiger partial charge in [0.25, 0.3) is 0 Å². The molecule has 0 N–H and O–H groups in total. The van der Waals surface area contributed by atoms with E-state index in [1.807, 2.05) is 6.92 Å². The molecule has 0 aromatic heterocycles. The summed E-state index contributed by atoms with van der Waals surface area (Å²) >= 11 is 0. The fraction of sp³-hybridized carbons (Fsp3) is 0.561. The van der Waals surface area contributed by atoms with Crippen LogP contribution in [-0.4, -0.2) is 117 Å². The summed E-state index contributed by atoms with van der Waals surface area (Å²) in [7, 11) is 0. The number of hydrogen-bond acceptors (Lipinski definition) is 17. The molecule has 0 bridgehead atoms. The largest absolute Gasteiger partial charge is 0.463 e. The number of benzene rings is 2. The van der Waals surface area contributed by atoms with Gasteiger partial charge in [-0.3, -0.25) is 19.2 Å². The van der Waals surface area contributed by atoms with Crippen LogP contribution in [0.2, 0.25) is 0 Å². The molecule has 17 nitrogen and oxygen atoms in total. The molecule has 11 unspecified atom stereocenters. The van der Waals surface area contributed by atoms with Crippen molar-refractivity contribution in [2.45, 2.75) is 109 Å². The molecule has 58 heavy (non-hydrogen) atoms. The van der Waals surface area contributed by atoms with E-state index in [2.05, 4.69) is 0 Å². The highest BCUT2D eigenvalue weighted by Crippen LogP contribution is 2.58. The predicted octanol–water partition coefficient (Wildman–Crippen LogP) is 3.69. The second-order valence-electron chi connectivity index (χ2n) is 13.9. The van der Waals surface area contributed by atoms with Gasteiger partial charge < -0.3 is 52.1 Å². The Labute approximate surface area is 335 Å². The van der Waals surface area contributed by atoms with E-state index in [9.17, 15) is 28.8 Å².